The van der Waals surface area contributed by atoms with Gasteiger partial charge in [-0.3, -0.25) is 4.79 Å². The molecule has 0 spiro atoms. The lowest BCUT2D eigenvalue weighted by molar-refractivity contribution is -0.137. The Bertz CT molecular complexity index is 517. The highest BCUT2D eigenvalue weighted by atomic mass is 16.5. The standard InChI is InChI=1S/C17H28N4O2/c1-16(2,13-4-3-5-13)12-18-15(22)17(6-8-23-9-7-17)10-14-11-19-21-20-14/h11,13H,3-10,12H2,1-2H3,(H,18,22)(H,19,20,21). The lowest BCUT2D eigenvalue weighted by Crippen LogP contribution is -2.49. The number of ether oxygens (including phenoxy) is 1. The molecule has 2 fully saturated rings. The van der Waals surface area contributed by atoms with Crippen LogP contribution in [-0.4, -0.2) is 41.1 Å². The van der Waals surface area contributed by atoms with Gasteiger partial charge in [0.05, 0.1) is 17.3 Å². The van der Waals surface area contributed by atoms with E-state index in [1.54, 1.807) is 6.20 Å². The molecule has 2 N–H and O–H groups in total. The molecule has 3 rings (SSSR count). The van der Waals surface area contributed by atoms with E-state index >= 15 is 0 Å². The first-order chi connectivity index (χ1) is 11.0. The van der Waals surface area contributed by atoms with Crippen molar-refractivity contribution in [2.75, 3.05) is 19.8 Å². The summed E-state index contributed by atoms with van der Waals surface area (Å²) in [6.45, 7) is 6.56. The van der Waals surface area contributed by atoms with E-state index in [0.29, 0.717) is 19.6 Å². The fraction of sp³-hybridized carbons (Fsp3) is 0.824. The first kappa shape index (κ1) is 16.4. The Kier molecular flexibility index (Phi) is 4.71. The smallest absolute Gasteiger partial charge is 0.226 e. The molecular formula is C17H28N4O2. The second kappa shape index (κ2) is 6.59. The molecule has 0 bridgehead atoms. The van der Waals surface area contributed by atoms with Crippen LogP contribution in [0.2, 0.25) is 0 Å². The zero-order valence-electron chi connectivity index (χ0n) is 14.2. The number of hydrogen-bond donors (Lipinski definition) is 2. The Balaban J connectivity index is 1.65. The second-order valence-electron chi connectivity index (χ2n) is 7.83. The lowest BCUT2D eigenvalue weighted by Gasteiger charge is -2.42. The number of carbonyl (C=O) groups excluding carboxylic acids is 1. The number of hydrogen-bond acceptors (Lipinski definition) is 4. The van der Waals surface area contributed by atoms with Crippen molar-refractivity contribution in [2.24, 2.45) is 16.7 Å². The summed E-state index contributed by atoms with van der Waals surface area (Å²) in [5, 5.41) is 13.9. The van der Waals surface area contributed by atoms with E-state index < -0.39 is 5.41 Å². The van der Waals surface area contributed by atoms with Gasteiger partial charge < -0.3 is 10.1 Å². The highest BCUT2D eigenvalue weighted by Gasteiger charge is 2.42. The molecule has 1 amide bonds. The van der Waals surface area contributed by atoms with E-state index in [4.69, 9.17) is 4.74 Å². The lowest BCUT2D eigenvalue weighted by atomic mass is 9.67. The van der Waals surface area contributed by atoms with E-state index in [1.165, 1.54) is 19.3 Å². The second-order valence-corrected chi connectivity index (χ2v) is 7.83. The summed E-state index contributed by atoms with van der Waals surface area (Å²) in [7, 11) is 0. The molecule has 6 nitrogen and oxygen atoms in total. The predicted octanol–water partition coefficient (Wildman–Crippen LogP) is 2.09. The Morgan fingerprint density at radius 2 is 2.17 bits per heavy atom. The van der Waals surface area contributed by atoms with Gasteiger partial charge in [0, 0.05) is 26.2 Å². The van der Waals surface area contributed by atoms with Crippen LogP contribution >= 0.6 is 0 Å². The molecule has 1 saturated carbocycles. The van der Waals surface area contributed by atoms with Crippen molar-refractivity contribution >= 4 is 5.91 Å². The Labute approximate surface area is 137 Å². The number of H-pyrrole nitrogens is 1. The third-order valence-electron chi connectivity index (χ3n) is 5.83. The van der Waals surface area contributed by atoms with Gasteiger partial charge >= 0.3 is 0 Å². The molecule has 0 unspecified atom stereocenters. The van der Waals surface area contributed by atoms with Crippen molar-refractivity contribution in [3.05, 3.63) is 11.9 Å². The zero-order chi connectivity index (χ0) is 16.3. The highest BCUT2D eigenvalue weighted by Crippen LogP contribution is 2.41. The summed E-state index contributed by atoms with van der Waals surface area (Å²) in [6.07, 6.45) is 7.74. The number of rotatable bonds is 6. The molecular weight excluding hydrogens is 292 g/mol. The summed E-state index contributed by atoms with van der Waals surface area (Å²) >= 11 is 0. The number of aromatic nitrogens is 3. The maximum Gasteiger partial charge on any atom is 0.226 e. The van der Waals surface area contributed by atoms with Crippen LogP contribution < -0.4 is 5.32 Å². The van der Waals surface area contributed by atoms with Crippen molar-refractivity contribution < 1.29 is 9.53 Å². The quantitative estimate of drug-likeness (QED) is 0.841. The molecule has 6 heteroatoms. The predicted molar refractivity (Wildman–Crippen MR) is 86.7 cm³/mol. The molecule has 2 heterocycles. The van der Waals surface area contributed by atoms with Gasteiger partial charge in [-0.1, -0.05) is 20.3 Å². The van der Waals surface area contributed by atoms with Gasteiger partial charge in [0.1, 0.15) is 0 Å². The number of nitrogens with one attached hydrogen (secondary N) is 2. The van der Waals surface area contributed by atoms with Crippen LogP contribution in [0.15, 0.2) is 6.20 Å². The van der Waals surface area contributed by atoms with Crippen LogP contribution in [0.1, 0.15) is 51.6 Å². The summed E-state index contributed by atoms with van der Waals surface area (Å²) in [4.78, 5) is 13.0. The fourth-order valence-electron chi connectivity index (χ4n) is 3.73. The molecule has 0 atom stereocenters. The first-order valence-corrected chi connectivity index (χ1v) is 8.73. The van der Waals surface area contributed by atoms with Gasteiger partial charge in [0.15, 0.2) is 0 Å². The Hall–Kier alpha value is -1.43. The summed E-state index contributed by atoms with van der Waals surface area (Å²) in [5.41, 5.74) is 0.610. The monoisotopic (exact) mass is 320 g/mol. The minimum absolute atomic E-state index is 0.149. The van der Waals surface area contributed by atoms with E-state index in [0.717, 1.165) is 31.0 Å². The van der Waals surface area contributed by atoms with Gasteiger partial charge in [-0.15, -0.1) is 0 Å². The summed E-state index contributed by atoms with van der Waals surface area (Å²) < 4.78 is 5.48. The summed E-state index contributed by atoms with van der Waals surface area (Å²) in [6, 6.07) is 0. The Morgan fingerprint density at radius 3 is 2.74 bits per heavy atom. The molecule has 0 radical (unpaired) electrons. The maximum atomic E-state index is 13.0. The van der Waals surface area contributed by atoms with Crippen LogP contribution in [0, 0.1) is 16.7 Å². The number of carbonyl (C=O) groups is 1. The van der Waals surface area contributed by atoms with E-state index in [1.807, 2.05) is 0 Å². The van der Waals surface area contributed by atoms with Crippen LogP contribution in [0.4, 0.5) is 0 Å². The SMILES string of the molecule is CC(C)(CNC(=O)C1(Cc2cn[nH]n2)CCOCC1)C1CCC1. The van der Waals surface area contributed by atoms with Gasteiger partial charge in [0.25, 0.3) is 0 Å². The first-order valence-electron chi connectivity index (χ1n) is 8.73. The van der Waals surface area contributed by atoms with Crippen molar-refractivity contribution in [1.29, 1.82) is 0 Å². The van der Waals surface area contributed by atoms with Crippen LogP contribution in [0.3, 0.4) is 0 Å². The molecule has 1 saturated heterocycles. The van der Waals surface area contributed by atoms with Gasteiger partial charge in [-0.2, -0.15) is 15.4 Å². The third-order valence-corrected chi connectivity index (χ3v) is 5.83. The highest BCUT2D eigenvalue weighted by molar-refractivity contribution is 5.83. The van der Waals surface area contributed by atoms with Crippen molar-refractivity contribution in [1.82, 2.24) is 20.7 Å². The van der Waals surface area contributed by atoms with Crippen LogP contribution in [0.5, 0.6) is 0 Å². The number of nitrogens with zero attached hydrogens (tertiary/aromatic N) is 2. The van der Waals surface area contributed by atoms with E-state index in [9.17, 15) is 4.79 Å². The maximum absolute atomic E-state index is 13.0. The van der Waals surface area contributed by atoms with E-state index in [2.05, 4.69) is 34.6 Å². The molecule has 1 aromatic rings. The number of aromatic amines is 1. The fourth-order valence-corrected chi connectivity index (χ4v) is 3.73. The third kappa shape index (κ3) is 3.57. The van der Waals surface area contributed by atoms with Crippen molar-refractivity contribution in [3.8, 4) is 0 Å². The van der Waals surface area contributed by atoms with Crippen molar-refractivity contribution in [3.63, 3.8) is 0 Å². The Morgan fingerprint density at radius 1 is 1.43 bits per heavy atom. The molecule has 23 heavy (non-hydrogen) atoms. The van der Waals surface area contributed by atoms with Crippen molar-refractivity contribution in [2.45, 2.75) is 52.4 Å². The number of amides is 1. The van der Waals surface area contributed by atoms with Gasteiger partial charge in [-0.05, 0) is 37.0 Å². The van der Waals surface area contributed by atoms with Gasteiger partial charge in [-0.25, -0.2) is 0 Å². The molecule has 128 valence electrons. The molecule has 2 aliphatic rings. The molecule has 1 aliphatic carbocycles. The van der Waals surface area contributed by atoms with Gasteiger partial charge in [0.2, 0.25) is 5.91 Å². The van der Waals surface area contributed by atoms with E-state index in [-0.39, 0.29) is 11.3 Å². The minimum Gasteiger partial charge on any atom is -0.381 e. The molecule has 0 aromatic carbocycles. The summed E-state index contributed by atoms with van der Waals surface area (Å²) in [5.74, 6) is 0.889. The van der Waals surface area contributed by atoms with Crippen LogP contribution in [0.25, 0.3) is 0 Å². The average Bonchev–Trinajstić information content (AvgIpc) is 2.96. The normalized spacial score (nSPS) is 21.7. The minimum atomic E-state index is -0.412. The zero-order valence-corrected chi connectivity index (χ0v) is 14.2. The van der Waals surface area contributed by atoms with Crippen LogP contribution in [-0.2, 0) is 16.0 Å². The topological polar surface area (TPSA) is 79.9 Å². The molecule has 1 aromatic heterocycles. The average molecular weight is 320 g/mol. The largest absolute Gasteiger partial charge is 0.381 e. The molecule has 1 aliphatic heterocycles.